The summed E-state index contributed by atoms with van der Waals surface area (Å²) in [5, 5.41) is 13.6. The van der Waals surface area contributed by atoms with Crippen LogP contribution in [0.25, 0.3) is 10.9 Å². The summed E-state index contributed by atoms with van der Waals surface area (Å²) >= 11 is 40.6. The number of Topliss-reactive ketones (excluding diaryl/α,β-unsaturated/α-hetero) is 8. The molecule has 1 heterocycles. The lowest BCUT2D eigenvalue weighted by molar-refractivity contribution is -0.116. The number of phenols is 1. The Kier molecular flexibility index (Phi) is 64.0. The summed E-state index contributed by atoms with van der Waals surface area (Å²) in [7, 11) is 6.86. The van der Waals surface area contributed by atoms with Crippen LogP contribution in [0.1, 0.15) is 137 Å². The number of hydrogen-bond donors (Lipinski definition) is 10. The first-order valence-electron chi connectivity index (χ1n) is 40.3. The van der Waals surface area contributed by atoms with Gasteiger partial charge in [-0.1, -0.05) is 153 Å². The molecule has 10 aromatic rings. The summed E-state index contributed by atoms with van der Waals surface area (Å²) < 4.78 is 31.0. The van der Waals surface area contributed by atoms with Crippen LogP contribution in [0.3, 0.4) is 0 Å². The highest BCUT2D eigenvalue weighted by atomic mass is 79.9. The molecule has 0 bridgehead atoms. The molecule has 1 aromatic heterocycles. The van der Waals surface area contributed by atoms with Crippen molar-refractivity contribution >= 4 is 221 Å². The van der Waals surface area contributed by atoms with Gasteiger partial charge in [0.15, 0.2) is 11.5 Å². The number of carbonyl (C=O) groups excluding carboxylic acids is 12. The van der Waals surface area contributed by atoms with Crippen LogP contribution < -0.4 is 24.4 Å². The Balaban J connectivity index is 0.00000150. The van der Waals surface area contributed by atoms with E-state index >= 15 is 0 Å². The fraction of sp³-hybridized carbons (Fsp3) is 0.317. The lowest BCUT2D eigenvalue weighted by atomic mass is 10.0. The van der Waals surface area contributed by atoms with Gasteiger partial charge in [0, 0.05) is 149 Å². The maximum Gasteiger partial charge on any atom is 0.338 e. The number of carbonyl (C=O) groups is 12. The molecule has 2 N–H and O–H groups in total. The lowest BCUT2D eigenvalue weighted by Gasteiger charge is -2.27. The molecule has 0 saturated heterocycles. The molecule has 1 amide bonds. The molecule has 9 aromatic carbocycles. The van der Waals surface area contributed by atoms with Crippen molar-refractivity contribution in [2.45, 2.75) is 121 Å². The maximum absolute atomic E-state index is 11.7. The Morgan fingerprint density at radius 1 is 0.436 bits per heavy atom. The normalized spacial score (nSPS) is 9.87. The highest BCUT2D eigenvalue weighted by Gasteiger charge is 2.21. The van der Waals surface area contributed by atoms with Gasteiger partial charge in [0.1, 0.15) is 69.9 Å². The largest absolute Gasteiger partial charge is 0.506 e. The third-order valence-electron chi connectivity index (χ3n) is 18.1. The molecule has 0 unspecified atom stereocenters. The van der Waals surface area contributed by atoms with Crippen LogP contribution >= 0.6 is 129 Å². The van der Waals surface area contributed by atoms with E-state index in [9.17, 15) is 62.6 Å². The van der Waals surface area contributed by atoms with Gasteiger partial charge in [0.25, 0.3) is 0 Å². The number of halogens is 2. The molecular formula is C101H123BrClN3O19S8. The predicted molar refractivity (Wildman–Crippen MR) is 567 cm³/mol. The van der Waals surface area contributed by atoms with E-state index in [0.29, 0.717) is 106 Å². The number of aromatic nitrogens is 1. The molecule has 0 saturated carbocycles. The number of amides is 1. The van der Waals surface area contributed by atoms with Crippen LogP contribution in [-0.4, -0.2) is 174 Å². The Morgan fingerprint density at radius 3 is 1.35 bits per heavy atom. The molecule has 32 heteroatoms. The highest BCUT2D eigenvalue weighted by Crippen LogP contribution is 2.32. The van der Waals surface area contributed by atoms with Crippen LogP contribution in [0.15, 0.2) is 211 Å². The van der Waals surface area contributed by atoms with Crippen molar-refractivity contribution in [1.82, 2.24) is 4.98 Å². The average Bonchev–Trinajstić information content (AvgIpc) is 0.809. The minimum Gasteiger partial charge on any atom is -0.506 e. The monoisotopic (exact) mass is 2050 g/mol. The van der Waals surface area contributed by atoms with Crippen molar-refractivity contribution < 1.29 is 91.1 Å². The van der Waals surface area contributed by atoms with Crippen LogP contribution in [0.4, 0.5) is 11.4 Å². The van der Waals surface area contributed by atoms with Crippen molar-refractivity contribution in [2.24, 2.45) is 0 Å². The first kappa shape index (κ1) is 123. The zero-order valence-corrected chi connectivity index (χ0v) is 83.5. The third kappa shape index (κ3) is 47.8. The first-order chi connectivity index (χ1) is 62.1. The highest BCUT2D eigenvalue weighted by molar-refractivity contribution is 9.10. The number of ketones is 8. The standard InChI is InChI=1S/C16H16O2S.C14H21NOS.C13H16O5S.C12H11NO2S.C12H14O3S.C11H11ClO3S.C11H13NO2S.C9H9BrOS.3CH4/c17-15(12-19)9-14-7-4-8-16(10-14)18-11-13-5-2-1-3-6-13;1-4-15(11(2)3)13-7-5-12(6-8-13)9-14(16)10-17;1-16-11-5-8(4-9(14)7-19)10(13(15)18-3)6-12(11)17-2;14-10(7-16)6-9-5-4-8-2-1-3-11(15)12(8)13-9;1-8-3-4-9(12(14)15-2)5-10(8)6-11(13)7-16;1-15-11(14)10-3-2-8(12)4-7(10)5-9(13)6-16;1-8(13)12-10-4-2-9(3-5-10)6-11(14)7-15;10-8-3-1-7(2-4-8)5-9(11)6-12;;;/h1-8,10,19H,9,11-12H2;5-8,11,17H,4,9-10H2,1-3H3;5-6,19H,4,7H2,1-3H3;1-5,15-16H,6-7H2;3-5,16H,6-7H2,1-2H3;2-4,16H,5-6H2,1H3;2-5,15H,6-7H2,1H3,(H,12,13);1-4,12H,5-6H2;3*1H4. The van der Waals surface area contributed by atoms with Gasteiger partial charge in [-0.3, -0.25) is 43.2 Å². The molecule has 0 aliphatic carbocycles. The number of rotatable bonds is 36. The van der Waals surface area contributed by atoms with Gasteiger partial charge < -0.3 is 43.7 Å². The summed E-state index contributed by atoms with van der Waals surface area (Å²) in [6.07, 6.45) is 2.56. The number of anilines is 2. The van der Waals surface area contributed by atoms with Gasteiger partial charge in [0.05, 0.1) is 52.2 Å². The SMILES string of the molecule is C.C.C.CC(=O)Nc1ccc(CC(=O)CS)cc1.CCN(c1ccc(CC(=O)CS)cc1)C(C)C.COC(=O)c1cc(OC)c(OC)cc1CC(=O)CS.COC(=O)c1ccc(C)c(CC(=O)CS)c1.COC(=O)c1ccc(Cl)cc1CC(=O)CS.O=C(CS)Cc1ccc(Br)cc1.O=C(CS)Cc1ccc2cccc(O)c2n1.O=C(CS)Cc1cccc(OCc2ccccc2)c1. The fourth-order valence-electron chi connectivity index (χ4n) is 11.6. The van der Waals surface area contributed by atoms with Gasteiger partial charge in [-0.05, 0) is 181 Å². The number of nitrogens with one attached hydrogen (secondary N) is 1. The molecule has 0 aliphatic heterocycles. The number of nitrogens with zero attached hydrogens (tertiary/aromatic N) is 2. The van der Waals surface area contributed by atoms with Crippen molar-refractivity contribution in [3.8, 4) is 23.0 Å². The smallest absolute Gasteiger partial charge is 0.338 e. The Morgan fingerprint density at radius 2 is 0.872 bits per heavy atom. The summed E-state index contributed by atoms with van der Waals surface area (Å²) in [4.78, 5) is 142. The second-order valence-electron chi connectivity index (χ2n) is 28.4. The zero-order chi connectivity index (χ0) is 96.8. The van der Waals surface area contributed by atoms with Gasteiger partial charge in [-0.25, -0.2) is 19.4 Å². The van der Waals surface area contributed by atoms with E-state index < -0.39 is 11.9 Å². The molecule has 0 spiro atoms. The summed E-state index contributed by atoms with van der Waals surface area (Å²) in [5.74, 6) is 2.52. The van der Waals surface area contributed by atoms with Crippen molar-refractivity contribution in [1.29, 1.82) is 0 Å². The second kappa shape index (κ2) is 69.1. The molecule has 0 fully saturated rings. The molecule has 0 aliphatic rings. The van der Waals surface area contributed by atoms with Crippen molar-refractivity contribution in [2.75, 3.05) is 98.3 Å². The van der Waals surface area contributed by atoms with E-state index in [1.165, 1.54) is 54.2 Å². The quantitative estimate of drug-likeness (QED) is 0.00991. The van der Waals surface area contributed by atoms with Crippen LogP contribution in [0, 0.1) is 6.92 Å². The Bertz CT molecular complexity index is 5350. The first-order valence-corrected chi connectivity index (χ1v) is 46.5. The molecule has 718 valence electrons. The number of benzene rings is 9. The summed E-state index contributed by atoms with van der Waals surface area (Å²) in [6.45, 7) is 11.4. The van der Waals surface area contributed by atoms with E-state index in [4.69, 9.17) is 30.5 Å². The number of para-hydroxylation sites is 1. The van der Waals surface area contributed by atoms with Crippen molar-refractivity contribution in [3.63, 3.8) is 0 Å². The topological polar surface area (TPSA) is 309 Å². The molecule has 0 atom stereocenters. The predicted octanol–water partition coefficient (Wildman–Crippen LogP) is 19.9. The zero-order valence-electron chi connectivity index (χ0n) is 74.0. The number of aromatic hydroxyl groups is 1. The van der Waals surface area contributed by atoms with Gasteiger partial charge >= 0.3 is 17.9 Å². The van der Waals surface area contributed by atoms with Gasteiger partial charge in [-0.2, -0.15) is 101 Å². The minimum atomic E-state index is -0.525. The van der Waals surface area contributed by atoms with Gasteiger partial charge in [0.2, 0.25) is 5.91 Å². The summed E-state index contributed by atoms with van der Waals surface area (Å²) in [5.41, 5.74) is 12.3. The molecule has 22 nitrogen and oxygen atoms in total. The maximum atomic E-state index is 11.7. The fourth-order valence-corrected chi connectivity index (χ4v) is 13.0. The summed E-state index contributed by atoms with van der Waals surface area (Å²) in [6, 6.07) is 63.2. The molecule has 0 radical (unpaired) electrons. The number of esters is 3. The number of phenolic OH excluding ortho intramolecular Hbond substituents is 1. The van der Waals surface area contributed by atoms with Crippen LogP contribution in [0.2, 0.25) is 5.02 Å². The van der Waals surface area contributed by atoms with E-state index in [0.717, 1.165) is 66.8 Å². The van der Waals surface area contributed by atoms with Crippen LogP contribution in [0.5, 0.6) is 23.0 Å². The van der Waals surface area contributed by atoms with Crippen molar-refractivity contribution in [3.05, 3.63) is 288 Å². The number of ether oxygens (including phenoxy) is 6. The number of methoxy groups -OCH3 is 5. The lowest BCUT2D eigenvalue weighted by Crippen LogP contribution is -2.30. The van der Waals surface area contributed by atoms with E-state index in [1.807, 2.05) is 128 Å². The molecule has 10 rings (SSSR count). The van der Waals surface area contributed by atoms with Gasteiger partial charge in [-0.15, -0.1) is 0 Å². The molecule has 133 heavy (non-hydrogen) atoms. The van der Waals surface area contributed by atoms with Crippen LogP contribution in [-0.2, 0) is 115 Å². The number of pyridine rings is 1. The third-order valence-corrected chi connectivity index (χ3v) is 21.7. The number of thiol groups is 8. The van der Waals surface area contributed by atoms with E-state index in [2.05, 4.69) is 175 Å². The Labute approximate surface area is 840 Å². The van der Waals surface area contributed by atoms with E-state index in [-0.39, 0.29) is 146 Å². The number of hydrogen-bond acceptors (Lipinski definition) is 29. The second-order valence-corrected chi connectivity index (χ2v) is 32.3. The Hall–Kier alpha value is -9.80. The number of aryl methyl sites for hydroxylation is 1. The average molecular weight is 2050 g/mol. The number of fused-ring (bicyclic) bond motifs is 1. The van der Waals surface area contributed by atoms with E-state index in [1.54, 1.807) is 66.7 Å². The minimum absolute atomic E-state index is 0. The molecular weight excluding hydrogens is 1930 g/mol.